The fraction of sp³-hybridized carbons (Fsp3) is 0.545. The summed E-state index contributed by atoms with van der Waals surface area (Å²) in [6.45, 7) is 2.14. The van der Waals surface area contributed by atoms with E-state index in [-0.39, 0.29) is 0 Å². The lowest BCUT2D eigenvalue weighted by Crippen LogP contribution is -1.72. The third-order valence-corrected chi connectivity index (χ3v) is 1.61. The first kappa shape index (κ1) is 11.2. The number of carbonyl (C=O) groups excluding carboxylic acids is 1. The van der Waals surface area contributed by atoms with Crippen molar-refractivity contribution in [3.63, 3.8) is 0 Å². The summed E-state index contributed by atoms with van der Waals surface area (Å²) >= 11 is 0. The molecule has 0 fully saturated rings. The van der Waals surface area contributed by atoms with Crippen molar-refractivity contribution in [1.82, 2.24) is 0 Å². The highest BCUT2D eigenvalue weighted by Gasteiger charge is 1.82. The zero-order valence-corrected chi connectivity index (χ0v) is 7.83. The molecule has 0 radical (unpaired) electrons. The molecule has 0 heterocycles. The SMILES string of the molecule is CCC=CCCCCC=CC=O. The largest absolute Gasteiger partial charge is 0.299 e. The van der Waals surface area contributed by atoms with Gasteiger partial charge in [0.2, 0.25) is 0 Å². The summed E-state index contributed by atoms with van der Waals surface area (Å²) in [6, 6.07) is 0. The third-order valence-electron chi connectivity index (χ3n) is 1.61. The van der Waals surface area contributed by atoms with Gasteiger partial charge in [-0.3, -0.25) is 4.79 Å². The average Bonchev–Trinajstić information content (AvgIpc) is 2.10. The Morgan fingerprint density at radius 3 is 2.25 bits per heavy atom. The van der Waals surface area contributed by atoms with Crippen LogP contribution in [0.15, 0.2) is 24.3 Å². The summed E-state index contributed by atoms with van der Waals surface area (Å²) in [6.07, 6.45) is 14.5. The van der Waals surface area contributed by atoms with Gasteiger partial charge in [0.25, 0.3) is 0 Å². The molecule has 0 amide bonds. The van der Waals surface area contributed by atoms with Gasteiger partial charge in [-0.1, -0.05) is 25.2 Å². The standard InChI is InChI=1S/C11H18O/c1-2-3-4-5-6-7-8-9-10-11-12/h3-4,9-11H,2,5-8H2,1H3. The van der Waals surface area contributed by atoms with Gasteiger partial charge in [-0.15, -0.1) is 0 Å². The van der Waals surface area contributed by atoms with Crippen molar-refractivity contribution in [2.24, 2.45) is 0 Å². The first-order valence-corrected chi connectivity index (χ1v) is 4.67. The fourth-order valence-electron chi connectivity index (χ4n) is 0.961. The van der Waals surface area contributed by atoms with E-state index in [4.69, 9.17) is 0 Å². The molecule has 1 nitrogen and oxygen atoms in total. The molecule has 0 rings (SSSR count). The Balaban J connectivity index is 3.05. The highest BCUT2D eigenvalue weighted by molar-refractivity contribution is 5.64. The maximum atomic E-state index is 9.88. The molecular formula is C11H18O. The van der Waals surface area contributed by atoms with Crippen molar-refractivity contribution in [2.75, 3.05) is 0 Å². The van der Waals surface area contributed by atoms with Gasteiger partial charge < -0.3 is 0 Å². The lowest BCUT2D eigenvalue weighted by molar-refractivity contribution is -0.104. The van der Waals surface area contributed by atoms with Gasteiger partial charge in [0.05, 0.1) is 0 Å². The van der Waals surface area contributed by atoms with E-state index in [1.807, 2.05) is 6.08 Å². The lowest BCUT2D eigenvalue weighted by atomic mass is 10.2. The Morgan fingerprint density at radius 1 is 1.00 bits per heavy atom. The van der Waals surface area contributed by atoms with Crippen LogP contribution < -0.4 is 0 Å². The minimum atomic E-state index is 0.830. The molecule has 0 bridgehead atoms. The topological polar surface area (TPSA) is 17.1 Å². The number of unbranched alkanes of at least 4 members (excludes halogenated alkanes) is 3. The zero-order valence-electron chi connectivity index (χ0n) is 7.83. The van der Waals surface area contributed by atoms with E-state index in [1.54, 1.807) is 6.08 Å². The molecule has 0 spiro atoms. The molecule has 0 N–H and O–H groups in total. The van der Waals surface area contributed by atoms with E-state index in [0.717, 1.165) is 19.1 Å². The van der Waals surface area contributed by atoms with Gasteiger partial charge in [-0.2, -0.15) is 0 Å². The number of hydrogen-bond donors (Lipinski definition) is 0. The molecule has 0 aliphatic carbocycles. The molecule has 12 heavy (non-hydrogen) atoms. The van der Waals surface area contributed by atoms with Gasteiger partial charge in [-0.25, -0.2) is 0 Å². The first-order chi connectivity index (χ1) is 5.91. The predicted octanol–water partition coefficient (Wildman–Crippen LogP) is 3.27. The van der Waals surface area contributed by atoms with Crippen LogP contribution in [0.2, 0.25) is 0 Å². The number of rotatable bonds is 7. The summed E-state index contributed by atoms with van der Waals surface area (Å²) < 4.78 is 0. The molecule has 0 aromatic rings. The van der Waals surface area contributed by atoms with E-state index >= 15 is 0 Å². The van der Waals surface area contributed by atoms with E-state index in [2.05, 4.69) is 19.1 Å². The van der Waals surface area contributed by atoms with Gasteiger partial charge in [0.1, 0.15) is 6.29 Å². The van der Waals surface area contributed by atoms with Crippen LogP contribution in [0.1, 0.15) is 39.0 Å². The summed E-state index contributed by atoms with van der Waals surface area (Å²) in [7, 11) is 0. The molecule has 0 aliphatic rings. The molecule has 0 saturated carbocycles. The van der Waals surface area contributed by atoms with E-state index < -0.39 is 0 Å². The van der Waals surface area contributed by atoms with Crippen LogP contribution >= 0.6 is 0 Å². The number of hydrogen-bond acceptors (Lipinski definition) is 1. The number of allylic oxidation sites excluding steroid dienone is 4. The second-order valence-electron chi connectivity index (χ2n) is 2.73. The van der Waals surface area contributed by atoms with Crippen molar-refractivity contribution in [2.45, 2.75) is 39.0 Å². The lowest BCUT2D eigenvalue weighted by Gasteiger charge is -1.91. The molecule has 0 aromatic heterocycles. The second kappa shape index (κ2) is 10.2. The van der Waals surface area contributed by atoms with Crippen molar-refractivity contribution in [1.29, 1.82) is 0 Å². The molecule has 0 atom stereocenters. The first-order valence-electron chi connectivity index (χ1n) is 4.67. The fourth-order valence-corrected chi connectivity index (χ4v) is 0.961. The Labute approximate surface area is 75.2 Å². The minimum Gasteiger partial charge on any atom is -0.299 e. The van der Waals surface area contributed by atoms with E-state index in [9.17, 15) is 4.79 Å². The molecule has 0 aliphatic heterocycles. The number of aldehydes is 1. The van der Waals surface area contributed by atoms with Crippen LogP contribution in [0.3, 0.4) is 0 Å². The maximum Gasteiger partial charge on any atom is 0.142 e. The van der Waals surface area contributed by atoms with Gasteiger partial charge in [-0.05, 0) is 38.2 Å². The minimum absolute atomic E-state index is 0.830. The van der Waals surface area contributed by atoms with Crippen molar-refractivity contribution in [3.05, 3.63) is 24.3 Å². The smallest absolute Gasteiger partial charge is 0.142 e. The normalized spacial score (nSPS) is 11.4. The van der Waals surface area contributed by atoms with Gasteiger partial charge >= 0.3 is 0 Å². The van der Waals surface area contributed by atoms with Crippen molar-refractivity contribution < 1.29 is 4.79 Å². The Hall–Kier alpha value is -0.850. The molecule has 0 unspecified atom stereocenters. The zero-order chi connectivity index (χ0) is 9.07. The molecule has 68 valence electrons. The molecular weight excluding hydrogens is 148 g/mol. The third kappa shape index (κ3) is 9.15. The van der Waals surface area contributed by atoms with Crippen molar-refractivity contribution in [3.8, 4) is 0 Å². The molecule has 0 saturated heterocycles. The molecule has 1 heteroatoms. The van der Waals surface area contributed by atoms with Gasteiger partial charge in [0, 0.05) is 0 Å². The monoisotopic (exact) mass is 166 g/mol. The highest BCUT2D eigenvalue weighted by atomic mass is 16.1. The number of carbonyl (C=O) groups is 1. The Bertz CT molecular complexity index is 145. The predicted molar refractivity (Wildman–Crippen MR) is 53.1 cm³/mol. The van der Waals surface area contributed by atoms with Crippen LogP contribution in [0, 0.1) is 0 Å². The Kier molecular flexibility index (Phi) is 9.43. The molecule has 0 aromatic carbocycles. The van der Waals surface area contributed by atoms with Gasteiger partial charge in [0.15, 0.2) is 0 Å². The quantitative estimate of drug-likeness (QED) is 0.245. The van der Waals surface area contributed by atoms with Crippen LogP contribution in [0.25, 0.3) is 0 Å². The van der Waals surface area contributed by atoms with Crippen LogP contribution in [-0.4, -0.2) is 6.29 Å². The van der Waals surface area contributed by atoms with Crippen molar-refractivity contribution >= 4 is 6.29 Å². The van der Waals surface area contributed by atoms with E-state index in [0.29, 0.717) is 0 Å². The van der Waals surface area contributed by atoms with Crippen LogP contribution in [-0.2, 0) is 4.79 Å². The highest BCUT2D eigenvalue weighted by Crippen LogP contribution is 2.01. The van der Waals surface area contributed by atoms with Crippen LogP contribution in [0.5, 0.6) is 0 Å². The average molecular weight is 166 g/mol. The summed E-state index contributed by atoms with van der Waals surface area (Å²) in [5, 5.41) is 0. The summed E-state index contributed by atoms with van der Waals surface area (Å²) in [4.78, 5) is 9.88. The van der Waals surface area contributed by atoms with E-state index in [1.165, 1.54) is 19.3 Å². The maximum absolute atomic E-state index is 9.88. The van der Waals surface area contributed by atoms with Crippen LogP contribution in [0.4, 0.5) is 0 Å². The summed E-state index contributed by atoms with van der Waals surface area (Å²) in [5.41, 5.74) is 0. The Morgan fingerprint density at radius 2 is 1.67 bits per heavy atom. The summed E-state index contributed by atoms with van der Waals surface area (Å²) in [5.74, 6) is 0. The second-order valence-corrected chi connectivity index (χ2v) is 2.73.